The third-order valence-corrected chi connectivity index (χ3v) is 3.60. The van der Waals surface area contributed by atoms with Gasteiger partial charge in [0.15, 0.2) is 0 Å². The Bertz CT molecular complexity index is 456. The molecular weight excluding hydrogens is 196 g/mol. The van der Waals surface area contributed by atoms with Crippen molar-refractivity contribution in [2.45, 2.75) is 12.3 Å². The van der Waals surface area contributed by atoms with Crippen molar-refractivity contribution >= 4 is 5.78 Å². The SMILES string of the molecule is O=C1[C@@H]2C=CC=C[C@@H](C2)[C@@H]1c1ccccc1. The largest absolute Gasteiger partial charge is 0.298 e. The van der Waals surface area contributed by atoms with Gasteiger partial charge in [-0.05, 0) is 17.9 Å². The summed E-state index contributed by atoms with van der Waals surface area (Å²) in [6.45, 7) is 0. The summed E-state index contributed by atoms with van der Waals surface area (Å²) in [5.41, 5.74) is 1.17. The highest BCUT2D eigenvalue weighted by Gasteiger charge is 2.40. The van der Waals surface area contributed by atoms with E-state index in [2.05, 4.69) is 24.3 Å². The average Bonchev–Trinajstić information content (AvgIpc) is 2.51. The van der Waals surface area contributed by atoms with Gasteiger partial charge in [0, 0.05) is 11.8 Å². The highest BCUT2D eigenvalue weighted by atomic mass is 16.1. The number of carbonyl (C=O) groups excluding carboxylic acids is 1. The van der Waals surface area contributed by atoms with Crippen molar-refractivity contribution in [3.8, 4) is 0 Å². The highest BCUT2D eigenvalue weighted by Crippen LogP contribution is 2.42. The van der Waals surface area contributed by atoms with E-state index in [-0.39, 0.29) is 11.8 Å². The van der Waals surface area contributed by atoms with Crippen LogP contribution in [0.4, 0.5) is 0 Å². The third kappa shape index (κ3) is 1.44. The number of rotatable bonds is 1. The topological polar surface area (TPSA) is 17.1 Å². The molecule has 80 valence electrons. The second-order valence-electron chi connectivity index (χ2n) is 4.57. The number of Topliss-reactive ketones (excluding diaryl/α,β-unsaturated/α-hetero) is 1. The van der Waals surface area contributed by atoms with Crippen LogP contribution in [0.15, 0.2) is 54.6 Å². The smallest absolute Gasteiger partial charge is 0.147 e. The molecule has 0 N–H and O–H groups in total. The molecule has 0 spiro atoms. The fraction of sp³-hybridized carbons (Fsp3) is 0.267. The summed E-state index contributed by atoms with van der Waals surface area (Å²) in [5.74, 6) is 0.976. The van der Waals surface area contributed by atoms with Crippen LogP contribution in [-0.2, 0) is 4.79 Å². The number of hydrogen-bond acceptors (Lipinski definition) is 1. The number of carbonyl (C=O) groups is 1. The van der Waals surface area contributed by atoms with Crippen LogP contribution in [0.3, 0.4) is 0 Å². The first kappa shape index (κ1) is 9.59. The second kappa shape index (κ2) is 3.75. The number of hydrogen-bond donors (Lipinski definition) is 0. The maximum Gasteiger partial charge on any atom is 0.147 e. The van der Waals surface area contributed by atoms with Gasteiger partial charge in [0.05, 0.1) is 0 Å². The predicted octanol–water partition coefficient (Wildman–Crippen LogP) is 3.10. The van der Waals surface area contributed by atoms with E-state index in [0.717, 1.165) is 6.42 Å². The summed E-state index contributed by atoms with van der Waals surface area (Å²) in [5, 5.41) is 0. The molecule has 3 atom stereocenters. The molecule has 0 heterocycles. The monoisotopic (exact) mass is 210 g/mol. The van der Waals surface area contributed by atoms with E-state index in [4.69, 9.17) is 0 Å². The standard InChI is InChI=1S/C15H14O/c16-15-13-9-5-4-8-12(10-13)14(15)11-6-2-1-3-7-11/h1-9,12-14H,10H2/t12-,13+,14-/m0/s1. The van der Waals surface area contributed by atoms with Crippen molar-refractivity contribution in [3.05, 3.63) is 60.2 Å². The second-order valence-corrected chi connectivity index (χ2v) is 4.57. The number of benzene rings is 1. The maximum absolute atomic E-state index is 12.3. The molecule has 16 heavy (non-hydrogen) atoms. The van der Waals surface area contributed by atoms with Gasteiger partial charge in [-0.1, -0.05) is 54.6 Å². The van der Waals surface area contributed by atoms with Crippen LogP contribution in [0.25, 0.3) is 0 Å². The van der Waals surface area contributed by atoms with Gasteiger partial charge in [-0.2, -0.15) is 0 Å². The minimum atomic E-state index is 0.0763. The van der Waals surface area contributed by atoms with E-state index < -0.39 is 0 Å². The number of fused-ring (bicyclic) bond motifs is 2. The van der Waals surface area contributed by atoms with Crippen molar-refractivity contribution in [3.63, 3.8) is 0 Å². The van der Waals surface area contributed by atoms with E-state index in [1.165, 1.54) is 5.56 Å². The zero-order chi connectivity index (χ0) is 11.0. The lowest BCUT2D eigenvalue weighted by molar-refractivity contribution is -0.120. The van der Waals surface area contributed by atoms with Crippen LogP contribution in [0.2, 0.25) is 0 Å². The Kier molecular flexibility index (Phi) is 2.24. The molecule has 1 aromatic rings. The van der Waals surface area contributed by atoms with Gasteiger partial charge in [-0.25, -0.2) is 0 Å². The summed E-state index contributed by atoms with van der Waals surface area (Å²) in [4.78, 5) is 12.3. The van der Waals surface area contributed by atoms with Gasteiger partial charge in [-0.3, -0.25) is 4.79 Å². The Hall–Kier alpha value is -1.63. The minimum Gasteiger partial charge on any atom is -0.298 e. The Balaban J connectivity index is 2.00. The maximum atomic E-state index is 12.3. The van der Waals surface area contributed by atoms with Crippen molar-refractivity contribution in [2.24, 2.45) is 11.8 Å². The summed E-state index contributed by atoms with van der Waals surface area (Å²) < 4.78 is 0. The molecule has 2 aliphatic rings. The molecule has 0 radical (unpaired) electrons. The molecular formula is C15H14O. The lowest BCUT2D eigenvalue weighted by Crippen LogP contribution is -2.14. The van der Waals surface area contributed by atoms with E-state index in [1.54, 1.807) is 0 Å². The zero-order valence-electron chi connectivity index (χ0n) is 9.04. The number of allylic oxidation sites excluding steroid dienone is 4. The lowest BCUT2D eigenvalue weighted by atomic mass is 9.87. The molecule has 1 saturated carbocycles. The summed E-state index contributed by atoms with van der Waals surface area (Å²) in [6.07, 6.45) is 9.28. The van der Waals surface area contributed by atoms with Crippen molar-refractivity contribution in [1.82, 2.24) is 0 Å². The van der Waals surface area contributed by atoms with E-state index >= 15 is 0 Å². The van der Waals surface area contributed by atoms with E-state index in [9.17, 15) is 4.79 Å². The highest BCUT2D eigenvalue weighted by molar-refractivity contribution is 5.92. The normalized spacial score (nSPS) is 31.8. The minimum absolute atomic E-state index is 0.0763. The molecule has 2 aliphatic carbocycles. The Morgan fingerprint density at radius 3 is 2.56 bits per heavy atom. The zero-order valence-corrected chi connectivity index (χ0v) is 9.04. The van der Waals surface area contributed by atoms with Crippen LogP contribution in [0.1, 0.15) is 17.9 Å². The molecule has 0 aliphatic heterocycles. The van der Waals surface area contributed by atoms with Crippen LogP contribution in [-0.4, -0.2) is 5.78 Å². The Morgan fingerprint density at radius 2 is 1.75 bits per heavy atom. The van der Waals surface area contributed by atoms with E-state index in [0.29, 0.717) is 11.7 Å². The van der Waals surface area contributed by atoms with Gasteiger partial charge < -0.3 is 0 Å². The molecule has 1 fully saturated rings. The average molecular weight is 210 g/mol. The van der Waals surface area contributed by atoms with Gasteiger partial charge in [-0.15, -0.1) is 0 Å². The fourth-order valence-electron chi connectivity index (χ4n) is 2.83. The first-order valence-electron chi connectivity index (χ1n) is 5.80. The van der Waals surface area contributed by atoms with Gasteiger partial charge in [0.25, 0.3) is 0 Å². The van der Waals surface area contributed by atoms with Crippen LogP contribution >= 0.6 is 0 Å². The molecule has 1 heteroatoms. The molecule has 1 aromatic carbocycles. The van der Waals surface area contributed by atoms with Crippen LogP contribution in [0.5, 0.6) is 0 Å². The third-order valence-electron chi connectivity index (χ3n) is 3.60. The number of ketones is 1. The molecule has 2 bridgehead atoms. The van der Waals surface area contributed by atoms with Crippen molar-refractivity contribution < 1.29 is 4.79 Å². The van der Waals surface area contributed by atoms with Gasteiger partial charge in [0.1, 0.15) is 5.78 Å². The molecule has 0 aromatic heterocycles. The van der Waals surface area contributed by atoms with Gasteiger partial charge in [0.2, 0.25) is 0 Å². The molecule has 0 amide bonds. The Labute approximate surface area is 95.5 Å². The molecule has 0 unspecified atom stereocenters. The first-order valence-corrected chi connectivity index (χ1v) is 5.80. The van der Waals surface area contributed by atoms with Gasteiger partial charge >= 0.3 is 0 Å². The Morgan fingerprint density at radius 1 is 1.00 bits per heavy atom. The summed E-state index contributed by atoms with van der Waals surface area (Å²) in [7, 11) is 0. The molecule has 0 saturated heterocycles. The van der Waals surface area contributed by atoms with Crippen molar-refractivity contribution in [1.29, 1.82) is 0 Å². The van der Waals surface area contributed by atoms with Crippen molar-refractivity contribution in [2.75, 3.05) is 0 Å². The molecule has 1 nitrogen and oxygen atoms in total. The summed E-state index contributed by atoms with van der Waals surface area (Å²) >= 11 is 0. The lowest BCUT2D eigenvalue weighted by Gasteiger charge is -2.15. The molecule has 3 rings (SSSR count). The van der Waals surface area contributed by atoms with E-state index in [1.807, 2.05) is 30.4 Å². The quantitative estimate of drug-likeness (QED) is 0.696. The summed E-state index contributed by atoms with van der Waals surface area (Å²) in [6, 6.07) is 10.2. The predicted molar refractivity (Wildman–Crippen MR) is 64.1 cm³/mol. The fourth-order valence-corrected chi connectivity index (χ4v) is 2.83. The van der Waals surface area contributed by atoms with Crippen LogP contribution in [0, 0.1) is 11.8 Å². The first-order chi connectivity index (χ1) is 7.86. The van der Waals surface area contributed by atoms with Crippen LogP contribution < -0.4 is 0 Å².